The van der Waals surface area contributed by atoms with Gasteiger partial charge in [0.15, 0.2) is 0 Å². The first-order chi connectivity index (χ1) is 8.95. The molecule has 0 unspecified atom stereocenters. The van der Waals surface area contributed by atoms with Crippen molar-refractivity contribution in [1.29, 1.82) is 0 Å². The van der Waals surface area contributed by atoms with Gasteiger partial charge < -0.3 is 9.67 Å². The van der Waals surface area contributed by atoms with Gasteiger partial charge in [-0.2, -0.15) is 0 Å². The van der Waals surface area contributed by atoms with Gasteiger partial charge in [0.2, 0.25) is 0 Å². The summed E-state index contributed by atoms with van der Waals surface area (Å²) in [6.45, 7) is 4.31. The van der Waals surface area contributed by atoms with Crippen molar-refractivity contribution < 1.29 is 9.90 Å². The number of carboxylic acid groups (broad SMARTS) is 1. The molecule has 1 aromatic heterocycles. The number of hydrogen-bond donors (Lipinski definition) is 1. The molecule has 0 bridgehead atoms. The van der Waals surface area contributed by atoms with Crippen molar-refractivity contribution in [3.63, 3.8) is 0 Å². The number of nitrogens with zero attached hydrogens (tertiary/aromatic N) is 1. The van der Waals surface area contributed by atoms with E-state index in [-0.39, 0.29) is 5.69 Å². The fourth-order valence-electron chi connectivity index (χ4n) is 2.07. The van der Waals surface area contributed by atoms with E-state index in [4.69, 9.17) is 28.3 Å². The molecule has 2 rings (SSSR count). The van der Waals surface area contributed by atoms with Gasteiger partial charge in [0.1, 0.15) is 5.69 Å². The second kappa shape index (κ2) is 5.27. The molecular weight excluding hydrogens is 285 g/mol. The first kappa shape index (κ1) is 14.0. The summed E-state index contributed by atoms with van der Waals surface area (Å²) in [6, 6.07) is 6.88. The molecule has 0 saturated carbocycles. The highest BCUT2D eigenvalue weighted by atomic mass is 35.5. The van der Waals surface area contributed by atoms with Gasteiger partial charge in [-0.15, -0.1) is 0 Å². The summed E-state index contributed by atoms with van der Waals surface area (Å²) in [5.74, 6) is -0.956. The van der Waals surface area contributed by atoms with Gasteiger partial charge in [-0.1, -0.05) is 23.2 Å². The maximum absolute atomic E-state index is 11.2. The molecule has 2 aromatic rings. The highest BCUT2D eigenvalue weighted by Gasteiger charge is 2.16. The minimum atomic E-state index is -0.956. The molecule has 0 aliphatic heterocycles. The lowest BCUT2D eigenvalue weighted by atomic mass is 10.1. The van der Waals surface area contributed by atoms with Crippen LogP contribution in [0.5, 0.6) is 0 Å². The molecule has 0 amide bonds. The molecule has 1 heterocycles. The minimum absolute atomic E-state index is 0.241. The van der Waals surface area contributed by atoms with Gasteiger partial charge in [0.25, 0.3) is 0 Å². The second-order valence-electron chi connectivity index (χ2n) is 4.23. The zero-order valence-electron chi connectivity index (χ0n) is 10.6. The summed E-state index contributed by atoms with van der Waals surface area (Å²) in [5.41, 5.74) is 2.63. The van der Waals surface area contributed by atoms with Crippen molar-refractivity contribution in [1.82, 2.24) is 4.57 Å². The third kappa shape index (κ3) is 2.48. The molecule has 0 aliphatic rings. The lowest BCUT2D eigenvalue weighted by molar-refractivity contribution is 0.0685. The molecule has 0 aliphatic carbocycles. The Bertz CT molecular complexity index is 647. The third-order valence-electron chi connectivity index (χ3n) is 3.04. The third-order valence-corrected chi connectivity index (χ3v) is 3.76. The van der Waals surface area contributed by atoms with Crippen LogP contribution in [0.1, 0.15) is 23.0 Å². The van der Waals surface area contributed by atoms with Crippen LogP contribution in [0, 0.1) is 6.92 Å². The van der Waals surface area contributed by atoms with E-state index in [0.29, 0.717) is 16.6 Å². The molecule has 0 radical (unpaired) electrons. The number of aromatic carboxylic acids is 1. The average molecular weight is 298 g/mol. The van der Waals surface area contributed by atoms with Gasteiger partial charge in [0.05, 0.1) is 10.7 Å². The molecule has 0 saturated heterocycles. The van der Waals surface area contributed by atoms with Crippen molar-refractivity contribution >= 4 is 29.2 Å². The average Bonchev–Trinajstić information content (AvgIpc) is 2.77. The molecule has 19 heavy (non-hydrogen) atoms. The van der Waals surface area contributed by atoms with Crippen molar-refractivity contribution in [2.75, 3.05) is 0 Å². The summed E-state index contributed by atoms with van der Waals surface area (Å²) >= 11 is 12.4. The molecule has 0 atom stereocenters. The van der Waals surface area contributed by atoms with E-state index >= 15 is 0 Å². The van der Waals surface area contributed by atoms with Crippen LogP contribution in [-0.4, -0.2) is 15.6 Å². The predicted octanol–water partition coefficient (Wildman–Crippen LogP) is 4.49. The maximum Gasteiger partial charge on any atom is 0.352 e. The summed E-state index contributed by atoms with van der Waals surface area (Å²) in [6.07, 6.45) is 0. The summed E-state index contributed by atoms with van der Waals surface area (Å²) < 4.78 is 1.70. The molecule has 1 N–H and O–H groups in total. The normalized spacial score (nSPS) is 10.7. The predicted molar refractivity (Wildman–Crippen MR) is 77.3 cm³/mol. The van der Waals surface area contributed by atoms with E-state index in [2.05, 4.69) is 0 Å². The molecule has 5 heteroatoms. The fraction of sp³-hybridized carbons (Fsp3) is 0.214. The lowest BCUT2D eigenvalue weighted by Crippen LogP contribution is -2.08. The van der Waals surface area contributed by atoms with Crippen LogP contribution in [0.3, 0.4) is 0 Å². The van der Waals surface area contributed by atoms with Crippen molar-refractivity contribution in [3.05, 3.63) is 45.6 Å². The standard InChI is InChI=1S/C14H13Cl2NO2/c1-3-17-12(4-5-13(17)14(18)19)9-7-10(15)8(2)6-11(9)16/h4-7H,3H2,1-2H3,(H,18,19). The highest BCUT2D eigenvalue weighted by Crippen LogP contribution is 2.33. The monoisotopic (exact) mass is 297 g/mol. The lowest BCUT2D eigenvalue weighted by Gasteiger charge is -2.12. The van der Waals surface area contributed by atoms with E-state index in [1.165, 1.54) is 0 Å². The Kier molecular flexibility index (Phi) is 3.88. The zero-order chi connectivity index (χ0) is 14.2. The zero-order valence-corrected chi connectivity index (χ0v) is 12.1. The number of rotatable bonds is 3. The topological polar surface area (TPSA) is 42.2 Å². The highest BCUT2D eigenvalue weighted by molar-refractivity contribution is 6.35. The number of carboxylic acids is 1. The number of halogens is 2. The van der Waals surface area contributed by atoms with E-state index < -0.39 is 5.97 Å². The summed E-state index contributed by atoms with van der Waals surface area (Å²) in [7, 11) is 0. The van der Waals surface area contributed by atoms with Gasteiger partial charge in [-0.25, -0.2) is 4.79 Å². The fourth-order valence-corrected chi connectivity index (χ4v) is 2.55. The molecular formula is C14H13Cl2NO2. The Labute approximate surface area is 121 Å². The Hall–Kier alpha value is -1.45. The maximum atomic E-state index is 11.2. The molecule has 3 nitrogen and oxygen atoms in total. The van der Waals surface area contributed by atoms with E-state index in [1.54, 1.807) is 28.8 Å². The van der Waals surface area contributed by atoms with Crippen LogP contribution in [0.15, 0.2) is 24.3 Å². The van der Waals surface area contributed by atoms with E-state index in [0.717, 1.165) is 16.8 Å². The van der Waals surface area contributed by atoms with E-state index in [9.17, 15) is 4.79 Å². The Morgan fingerprint density at radius 3 is 2.53 bits per heavy atom. The molecule has 0 spiro atoms. The SMILES string of the molecule is CCn1c(C(=O)O)ccc1-c1cc(Cl)c(C)cc1Cl. The molecule has 1 aromatic carbocycles. The summed E-state index contributed by atoms with van der Waals surface area (Å²) in [5, 5.41) is 10.3. The number of benzene rings is 1. The number of aromatic nitrogens is 1. The Morgan fingerprint density at radius 1 is 1.26 bits per heavy atom. The van der Waals surface area contributed by atoms with Crippen molar-refractivity contribution in [3.8, 4) is 11.3 Å². The van der Waals surface area contributed by atoms with E-state index in [1.807, 2.05) is 13.8 Å². The van der Waals surface area contributed by atoms with Crippen LogP contribution < -0.4 is 0 Å². The largest absolute Gasteiger partial charge is 0.477 e. The quantitative estimate of drug-likeness (QED) is 0.907. The van der Waals surface area contributed by atoms with Gasteiger partial charge in [-0.05, 0) is 43.7 Å². The Morgan fingerprint density at radius 2 is 1.95 bits per heavy atom. The second-order valence-corrected chi connectivity index (χ2v) is 5.05. The van der Waals surface area contributed by atoms with Gasteiger partial charge in [0, 0.05) is 17.1 Å². The minimum Gasteiger partial charge on any atom is -0.477 e. The van der Waals surface area contributed by atoms with Crippen LogP contribution in [0.25, 0.3) is 11.3 Å². The number of aryl methyl sites for hydroxylation is 1. The van der Waals surface area contributed by atoms with Crippen LogP contribution >= 0.6 is 23.2 Å². The van der Waals surface area contributed by atoms with Crippen LogP contribution in [0.2, 0.25) is 10.0 Å². The van der Waals surface area contributed by atoms with Crippen LogP contribution in [0.4, 0.5) is 0 Å². The van der Waals surface area contributed by atoms with Crippen LogP contribution in [-0.2, 0) is 6.54 Å². The smallest absolute Gasteiger partial charge is 0.352 e. The van der Waals surface area contributed by atoms with Gasteiger partial charge >= 0.3 is 5.97 Å². The number of carbonyl (C=O) groups is 1. The summed E-state index contributed by atoms with van der Waals surface area (Å²) in [4.78, 5) is 11.2. The Balaban J connectivity index is 2.66. The van der Waals surface area contributed by atoms with Crippen molar-refractivity contribution in [2.45, 2.75) is 20.4 Å². The molecule has 100 valence electrons. The molecule has 0 fully saturated rings. The van der Waals surface area contributed by atoms with Crippen molar-refractivity contribution in [2.24, 2.45) is 0 Å². The first-order valence-electron chi connectivity index (χ1n) is 5.84. The first-order valence-corrected chi connectivity index (χ1v) is 6.60. The van der Waals surface area contributed by atoms with Gasteiger partial charge in [-0.3, -0.25) is 0 Å². The number of hydrogen-bond acceptors (Lipinski definition) is 1.